The van der Waals surface area contributed by atoms with Crippen molar-refractivity contribution in [2.75, 3.05) is 5.32 Å². The van der Waals surface area contributed by atoms with Crippen molar-refractivity contribution in [2.45, 2.75) is 0 Å². The molecular formula is C19H13N5O2. The zero-order valence-corrected chi connectivity index (χ0v) is 13.5. The van der Waals surface area contributed by atoms with Crippen LogP contribution in [0.1, 0.15) is 10.5 Å². The van der Waals surface area contributed by atoms with Crippen molar-refractivity contribution < 1.29 is 9.53 Å². The molecule has 7 nitrogen and oxygen atoms in total. The molecule has 0 radical (unpaired) electrons. The van der Waals surface area contributed by atoms with Crippen LogP contribution >= 0.6 is 0 Å². The SMILES string of the molecule is O=C(Nc1ccccn1)c1ccc(Oc2ccnc3ccccc23)nn1. The Balaban J connectivity index is 1.51. The number of amides is 1. The molecule has 26 heavy (non-hydrogen) atoms. The normalized spacial score (nSPS) is 10.5. The van der Waals surface area contributed by atoms with Gasteiger partial charge >= 0.3 is 0 Å². The van der Waals surface area contributed by atoms with Gasteiger partial charge in [-0.15, -0.1) is 10.2 Å². The lowest BCUT2D eigenvalue weighted by molar-refractivity contribution is 0.102. The summed E-state index contributed by atoms with van der Waals surface area (Å²) >= 11 is 0. The molecule has 0 saturated carbocycles. The van der Waals surface area contributed by atoms with Crippen molar-refractivity contribution in [3.05, 3.63) is 78.8 Å². The number of aromatic nitrogens is 4. The Bertz CT molecular complexity index is 1050. The smallest absolute Gasteiger partial charge is 0.277 e. The molecule has 0 aliphatic rings. The third-order valence-corrected chi connectivity index (χ3v) is 3.60. The second kappa shape index (κ2) is 6.94. The number of pyridine rings is 2. The zero-order valence-electron chi connectivity index (χ0n) is 13.5. The first-order valence-corrected chi connectivity index (χ1v) is 7.87. The molecule has 126 valence electrons. The Kier molecular flexibility index (Phi) is 4.17. The van der Waals surface area contributed by atoms with Crippen LogP contribution in [0.25, 0.3) is 10.9 Å². The number of ether oxygens (including phenoxy) is 1. The Hall–Kier alpha value is -3.87. The minimum atomic E-state index is -0.392. The maximum Gasteiger partial charge on any atom is 0.277 e. The van der Waals surface area contributed by atoms with Crippen molar-refractivity contribution >= 4 is 22.6 Å². The summed E-state index contributed by atoms with van der Waals surface area (Å²) in [6, 6.07) is 17.8. The van der Waals surface area contributed by atoms with E-state index in [1.165, 1.54) is 0 Å². The lowest BCUT2D eigenvalue weighted by Gasteiger charge is -2.07. The molecule has 4 rings (SSSR count). The van der Waals surface area contributed by atoms with Gasteiger partial charge in [-0.1, -0.05) is 18.2 Å². The quantitative estimate of drug-likeness (QED) is 0.610. The second-order valence-electron chi connectivity index (χ2n) is 5.35. The maximum absolute atomic E-state index is 12.2. The number of rotatable bonds is 4. The van der Waals surface area contributed by atoms with Gasteiger partial charge in [0.2, 0.25) is 5.88 Å². The monoisotopic (exact) mass is 343 g/mol. The minimum absolute atomic E-state index is 0.169. The van der Waals surface area contributed by atoms with E-state index >= 15 is 0 Å². The molecule has 0 aliphatic heterocycles. The van der Waals surface area contributed by atoms with E-state index in [2.05, 4.69) is 25.5 Å². The van der Waals surface area contributed by atoms with Crippen molar-refractivity contribution in [1.29, 1.82) is 0 Å². The average molecular weight is 343 g/mol. The number of nitrogens with one attached hydrogen (secondary N) is 1. The van der Waals surface area contributed by atoms with Crippen molar-refractivity contribution in [3.8, 4) is 11.6 Å². The molecule has 1 aromatic carbocycles. The highest BCUT2D eigenvalue weighted by atomic mass is 16.5. The van der Waals surface area contributed by atoms with E-state index in [1.807, 2.05) is 24.3 Å². The van der Waals surface area contributed by atoms with Crippen LogP contribution < -0.4 is 10.1 Å². The average Bonchev–Trinajstić information content (AvgIpc) is 2.70. The predicted octanol–water partition coefficient (Wildman–Crippen LogP) is 3.46. The number of hydrogen-bond donors (Lipinski definition) is 1. The van der Waals surface area contributed by atoms with Crippen LogP contribution in [0, 0.1) is 0 Å². The van der Waals surface area contributed by atoms with Gasteiger partial charge in [0.15, 0.2) is 5.69 Å². The molecule has 1 amide bonds. The van der Waals surface area contributed by atoms with E-state index in [0.29, 0.717) is 11.6 Å². The first-order chi connectivity index (χ1) is 12.8. The number of benzene rings is 1. The molecule has 0 saturated heterocycles. The van der Waals surface area contributed by atoms with E-state index in [-0.39, 0.29) is 11.6 Å². The number of carbonyl (C=O) groups is 1. The summed E-state index contributed by atoms with van der Waals surface area (Å²) < 4.78 is 5.79. The Labute approximate surface area is 148 Å². The lowest BCUT2D eigenvalue weighted by atomic mass is 10.2. The summed E-state index contributed by atoms with van der Waals surface area (Å²) in [5.41, 5.74) is 0.993. The number of carbonyl (C=O) groups excluding carboxylic acids is 1. The molecule has 0 aliphatic carbocycles. The highest BCUT2D eigenvalue weighted by Gasteiger charge is 2.10. The van der Waals surface area contributed by atoms with E-state index in [0.717, 1.165) is 10.9 Å². The van der Waals surface area contributed by atoms with Crippen LogP contribution in [0.2, 0.25) is 0 Å². The third kappa shape index (κ3) is 3.32. The number of anilines is 1. The van der Waals surface area contributed by atoms with Gasteiger partial charge in [-0.3, -0.25) is 9.78 Å². The van der Waals surface area contributed by atoms with Crippen LogP contribution in [0.4, 0.5) is 5.82 Å². The summed E-state index contributed by atoms with van der Waals surface area (Å²) in [7, 11) is 0. The van der Waals surface area contributed by atoms with Gasteiger partial charge in [-0.05, 0) is 36.4 Å². The molecule has 4 aromatic rings. The zero-order chi connectivity index (χ0) is 17.8. The highest BCUT2D eigenvalue weighted by molar-refractivity contribution is 6.02. The predicted molar refractivity (Wildman–Crippen MR) is 96.0 cm³/mol. The van der Waals surface area contributed by atoms with Gasteiger partial charge in [0.1, 0.15) is 11.6 Å². The van der Waals surface area contributed by atoms with Crippen molar-refractivity contribution in [3.63, 3.8) is 0 Å². The Morgan fingerprint density at radius 2 is 1.73 bits per heavy atom. The number of hydrogen-bond acceptors (Lipinski definition) is 6. The largest absolute Gasteiger partial charge is 0.437 e. The summed E-state index contributed by atoms with van der Waals surface area (Å²) in [6.45, 7) is 0. The molecular weight excluding hydrogens is 330 g/mol. The fourth-order valence-corrected chi connectivity index (χ4v) is 2.38. The van der Waals surface area contributed by atoms with Gasteiger partial charge in [0, 0.05) is 23.8 Å². The molecule has 0 bridgehead atoms. The first-order valence-electron chi connectivity index (χ1n) is 7.87. The molecule has 0 atom stereocenters. The summed E-state index contributed by atoms with van der Waals surface area (Å²) in [5.74, 6) is 0.964. The molecule has 3 aromatic heterocycles. The van der Waals surface area contributed by atoms with E-state index in [4.69, 9.17) is 4.74 Å². The molecule has 0 unspecified atom stereocenters. The van der Waals surface area contributed by atoms with Gasteiger partial charge in [0.05, 0.1) is 5.52 Å². The first kappa shape index (κ1) is 15.6. The number of para-hydroxylation sites is 1. The summed E-state index contributed by atoms with van der Waals surface area (Å²) in [4.78, 5) is 20.5. The third-order valence-electron chi connectivity index (χ3n) is 3.60. The van der Waals surface area contributed by atoms with Crippen LogP contribution in [-0.4, -0.2) is 26.1 Å². The Morgan fingerprint density at radius 3 is 2.54 bits per heavy atom. The maximum atomic E-state index is 12.2. The van der Waals surface area contributed by atoms with Crippen molar-refractivity contribution in [1.82, 2.24) is 20.2 Å². The van der Waals surface area contributed by atoms with E-state index in [9.17, 15) is 4.79 Å². The molecule has 0 fully saturated rings. The van der Waals surface area contributed by atoms with E-state index in [1.54, 1.807) is 48.8 Å². The van der Waals surface area contributed by atoms with Gasteiger partial charge in [-0.2, -0.15) is 0 Å². The summed E-state index contributed by atoms with van der Waals surface area (Å²) in [5, 5.41) is 11.4. The highest BCUT2D eigenvalue weighted by Crippen LogP contribution is 2.27. The molecule has 7 heteroatoms. The molecule has 3 heterocycles. The topological polar surface area (TPSA) is 89.9 Å². The fraction of sp³-hybridized carbons (Fsp3) is 0. The van der Waals surface area contributed by atoms with E-state index < -0.39 is 5.91 Å². The lowest BCUT2D eigenvalue weighted by Crippen LogP contribution is -2.15. The van der Waals surface area contributed by atoms with Gasteiger partial charge in [0.25, 0.3) is 5.91 Å². The fourth-order valence-electron chi connectivity index (χ4n) is 2.38. The standard InChI is InChI=1S/C19H13N5O2/c25-19(22-17-7-3-4-11-21-17)15-8-9-18(24-23-15)26-16-10-12-20-14-6-2-1-5-13(14)16/h1-12H,(H,21,22,25). The summed E-state index contributed by atoms with van der Waals surface area (Å²) in [6.07, 6.45) is 3.26. The van der Waals surface area contributed by atoms with Crippen LogP contribution in [0.5, 0.6) is 11.6 Å². The Morgan fingerprint density at radius 1 is 0.846 bits per heavy atom. The van der Waals surface area contributed by atoms with Crippen molar-refractivity contribution in [2.24, 2.45) is 0 Å². The second-order valence-corrected chi connectivity index (χ2v) is 5.35. The molecule has 0 spiro atoms. The van der Waals surface area contributed by atoms with Crippen LogP contribution in [-0.2, 0) is 0 Å². The van der Waals surface area contributed by atoms with Crippen LogP contribution in [0.15, 0.2) is 73.1 Å². The molecule has 1 N–H and O–H groups in total. The minimum Gasteiger partial charge on any atom is -0.437 e. The van der Waals surface area contributed by atoms with Gasteiger partial charge in [-0.25, -0.2) is 4.98 Å². The number of fused-ring (bicyclic) bond motifs is 1. The number of nitrogens with zero attached hydrogens (tertiary/aromatic N) is 4. The van der Waals surface area contributed by atoms with Crippen LogP contribution in [0.3, 0.4) is 0 Å². The van der Waals surface area contributed by atoms with Gasteiger partial charge < -0.3 is 10.1 Å².